The van der Waals surface area contributed by atoms with Crippen LogP contribution < -0.4 is 5.56 Å². The highest BCUT2D eigenvalue weighted by molar-refractivity contribution is 5.20. The second-order valence-electron chi connectivity index (χ2n) is 7.04. The molecule has 0 N–H and O–H groups in total. The van der Waals surface area contributed by atoms with Crippen molar-refractivity contribution in [1.82, 2.24) is 19.8 Å². The first kappa shape index (κ1) is 15.6. The van der Waals surface area contributed by atoms with Gasteiger partial charge in [0.1, 0.15) is 0 Å². The smallest absolute Gasteiger partial charge is 0.267 e. The highest BCUT2D eigenvalue weighted by Crippen LogP contribution is 2.21. The molecular formula is C18H24N4O2. The van der Waals surface area contributed by atoms with Crippen molar-refractivity contribution in [3.05, 3.63) is 45.7 Å². The lowest BCUT2D eigenvalue weighted by Crippen LogP contribution is -2.36. The molecule has 0 aromatic carbocycles. The average Bonchev–Trinajstić information content (AvgIpc) is 3.10. The van der Waals surface area contributed by atoms with Crippen LogP contribution in [0.5, 0.6) is 0 Å². The molecule has 0 spiro atoms. The second-order valence-corrected chi connectivity index (χ2v) is 7.04. The van der Waals surface area contributed by atoms with Gasteiger partial charge in [-0.1, -0.05) is 5.16 Å². The summed E-state index contributed by atoms with van der Waals surface area (Å²) in [4.78, 5) is 14.7. The van der Waals surface area contributed by atoms with Crippen molar-refractivity contribution in [3.8, 4) is 0 Å². The first-order valence-electron chi connectivity index (χ1n) is 9.00. The van der Waals surface area contributed by atoms with Crippen LogP contribution in [0.3, 0.4) is 0 Å². The average molecular weight is 328 g/mol. The summed E-state index contributed by atoms with van der Waals surface area (Å²) in [6.45, 7) is 3.64. The predicted octanol–water partition coefficient (Wildman–Crippen LogP) is 2.02. The largest absolute Gasteiger partial charge is 0.360 e. The summed E-state index contributed by atoms with van der Waals surface area (Å²) in [5.74, 6) is 1.45. The Hall–Kier alpha value is -1.95. The van der Waals surface area contributed by atoms with Crippen molar-refractivity contribution in [2.24, 2.45) is 5.92 Å². The molecule has 0 unspecified atom stereocenters. The number of rotatable bonds is 4. The number of hydrogen-bond donors (Lipinski definition) is 0. The van der Waals surface area contributed by atoms with Gasteiger partial charge in [0.15, 0.2) is 5.76 Å². The molecule has 2 aliphatic rings. The Morgan fingerprint density at radius 1 is 1.21 bits per heavy atom. The maximum absolute atomic E-state index is 12.3. The van der Waals surface area contributed by atoms with E-state index >= 15 is 0 Å². The van der Waals surface area contributed by atoms with E-state index in [2.05, 4.69) is 15.2 Å². The molecule has 3 heterocycles. The van der Waals surface area contributed by atoms with Gasteiger partial charge in [-0.05, 0) is 63.1 Å². The fourth-order valence-electron chi connectivity index (χ4n) is 3.85. The van der Waals surface area contributed by atoms with E-state index in [4.69, 9.17) is 4.52 Å². The van der Waals surface area contributed by atoms with E-state index in [-0.39, 0.29) is 5.56 Å². The number of likely N-dealkylation sites (tertiary alicyclic amines) is 1. The highest BCUT2D eigenvalue weighted by Gasteiger charge is 2.22. The summed E-state index contributed by atoms with van der Waals surface area (Å²) >= 11 is 0. The zero-order valence-corrected chi connectivity index (χ0v) is 14.0. The molecule has 1 aliphatic carbocycles. The predicted molar refractivity (Wildman–Crippen MR) is 89.6 cm³/mol. The molecule has 4 rings (SSSR count). The van der Waals surface area contributed by atoms with E-state index in [1.165, 1.54) is 18.4 Å². The van der Waals surface area contributed by atoms with E-state index in [9.17, 15) is 4.79 Å². The van der Waals surface area contributed by atoms with Crippen molar-refractivity contribution < 1.29 is 4.52 Å². The zero-order valence-electron chi connectivity index (χ0n) is 14.0. The molecule has 2 aromatic rings. The molecule has 128 valence electrons. The van der Waals surface area contributed by atoms with Crippen molar-refractivity contribution >= 4 is 0 Å². The molecule has 1 fully saturated rings. The van der Waals surface area contributed by atoms with Crippen LogP contribution in [-0.4, -0.2) is 32.9 Å². The Labute approximate surface area is 141 Å². The van der Waals surface area contributed by atoms with Gasteiger partial charge < -0.3 is 4.52 Å². The van der Waals surface area contributed by atoms with Gasteiger partial charge in [0, 0.05) is 18.7 Å². The van der Waals surface area contributed by atoms with Gasteiger partial charge in [0.25, 0.3) is 5.56 Å². The van der Waals surface area contributed by atoms with Crippen LogP contribution in [0.1, 0.15) is 42.7 Å². The summed E-state index contributed by atoms with van der Waals surface area (Å²) < 4.78 is 6.89. The van der Waals surface area contributed by atoms with Crippen LogP contribution in [-0.2, 0) is 25.9 Å². The summed E-state index contributed by atoms with van der Waals surface area (Å²) in [6.07, 6.45) is 8.29. The van der Waals surface area contributed by atoms with Crippen molar-refractivity contribution in [1.29, 1.82) is 0 Å². The molecule has 24 heavy (non-hydrogen) atoms. The summed E-state index contributed by atoms with van der Waals surface area (Å²) in [6, 6.07) is 3.74. The van der Waals surface area contributed by atoms with Gasteiger partial charge >= 0.3 is 0 Å². The van der Waals surface area contributed by atoms with Gasteiger partial charge in [-0.15, -0.1) is 0 Å². The minimum Gasteiger partial charge on any atom is -0.360 e. The second kappa shape index (κ2) is 6.89. The Morgan fingerprint density at radius 3 is 2.83 bits per heavy atom. The Bertz CT molecular complexity index is 730. The normalized spacial score (nSPS) is 19.3. The maximum atomic E-state index is 12.3. The van der Waals surface area contributed by atoms with Crippen molar-refractivity contribution in [3.63, 3.8) is 0 Å². The molecule has 0 bridgehead atoms. The maximum Gasteiger partial charge on any atom is 0.267 e. The van der Waals surface area contributed by atoms with Crippen LogP contribution in [0, 0.1) is 5.92 Å². The van der Waals surface area contributed by atoms with Gasteiger partial charge in [-0.2, -0.15) is 5.10 Å². The van der Waals surface area contributed by atoms with Crippen LogP contribution >= 0.6 is 0 Å². The standard InChI is InChI=1S/C18H24N4O2/c23-18-11-15-3-1-2-4-17(15)20-22(18)12-14-6-9-21(10-7-14)13-16-5-8-19-24-16/h5,8,11,14H,1-4,6-7,9-10,12-13H2. The molecule has 6 nitrogen and oxygen atoms in total. The molecular weight excluding hydrogens is 304 g/mol. The van der Waals surface area contributed by atoms with Crippen molar-refractivity contribution in [2.75, 3.05) is 13.1 Å². The number of fused-ring (bicyclic) bond motifs is 1. The number of hydrogen-bond acceptors (Lipinski definition) is 5. The summed E-state index contributed by atoms with van der Waals surface area (Å²) in [5, 5.41) is 8.41. The third-order valence-electron chi connectivity index (χ3n) is 5.28. The van der Waals surface area contributed by atoms with E-state index < -0.39 is 0 Å². The molecule has 2 aromatic heterocycles. The first-order valence-corrected chi connectivity index (χ1v) is 9.00. The Morgan fingerprint density at radius 2 is 2.04 bits per heavy atom. The van der Waals surface area contributed by atoms with Crippen LogP contribution in [0.25, 0.3) is 0 Å². The molecule has 0 radical (unpaired) electrons. The molecule has 1 aliphatic heterocycles. The summed E-state index contributed by atoms with van der Waals surface area (Å²) in [5.41, 5.74) is 2.38. The fourth-order valence-corrected chi connectivity index (χ4v) is 3.85. The fraction of sp³-hybridized carbons (Fsp3) is 0.611. The lowest BCUT2D eigenvalue weighted by atomic mass is 9.96. The molecule has 0 amide bonds. The minimum absolute atomic E-state index is 0.0692. The number of piperidine rings is 1. The van der Waals surface area contributed by atoms with Gasteiger partial charge in [0.2, 0.25) is 0 Å². The first-order chi connectivity index (χ1) is 11.8. The van der Waals surface area contributed by atoms with Crippen LogP contribution in [0.2, 0.25) is 0 Å². The zero-order chi connectivity index (χ0) is 16.4. The topological polar surface area (TPSA) is 64.2 Å². The minimum atomic E-state index is 0.0692. The van der Waals surface area contributed by atoms with E-state index in [0.29, 0.717) is 5.92 Å². The van der Waals surface area contributed by atoms with E-state index in [0.717, 1.165) is 63.3 Å². The Balaban J connectivity index is 1.36. The lowest BCUT2D eigenvalue weighted by Gasteiger charge is -2.31. The number of aryl methyl sites for hydroxylation is 2. The summed E-state index contributed by atoms with van der Waals surface area (Å²) in [7, 11) is 0. The Kier molecular flexibility index (Phi) is 4.47. The highest BCUT2D eigenvalue weighted by atomic mass is 16.5. The van der Waals surface area contributed by atoms with Crippen LogP contribution in [0.4, 0.5) is 0 Å². The lowest BCUT2D eigenvalue weighted by molar-refractivity contribution is 0.150. The SMILES string of the molecule is O=c1cc2c(nn1CC1CCN(Cc3ccno3)CC1)CCCC2. The monoisotopic (exact) mass is 328 g/mol. The van der Waals surface area contributed by atoms with Crippen LogP contribution in [0.15, 0.2) is 27.6 Å². The molecule has 0 atom stereocenters. The molecule has 6 heteroatoms. The van der Waals surface area contributed by atoms with E-state index in [1.807, 2.05) is 12.1 Å². The van der Waals surface area contributed by atoms with Gasteiger partial charge in [-0.3, -0.25) is 9.69 Å². The van der Waals surface area contributed by atoms with Gasteiger partial charge in [-0.25, -0.2) is 4.68 Å². The molecule has 0 saturated carbocycles. The van der Waals surface area contributed by atoms with E-state index in [1.54, 1.807) is 10.9 Å². The third kappa shape index (κ3) is 3.43. The number of nitrogens with zero attached hydrogens (tertiary/aromatic N) is 4. The quantitative estimate of drug-likeness (QED) is 0.859. The van der Waals surface area contributed by atoms with Gasteiger partial charge in [0.05, 0.1) is 18.4 Å². The molecule has 1 saturated heterocycles. The van der Waals surface area contributed by atoms with Crippen molar-refractivity contribution in [2.45, 2.75) is 51.6 Å². The third-order valence-corrected chi connectivity index (χ3v) is 5.28. The number of aromatic nitrogens is 3.